The number of nitrogens with zero attached hydrogens (tertiary/aromatic N) is 2. The summed E-state index contributed by atoms with van der Waals surface area (Å²) in [5.41, 5.74) is 1.77. The summed E-state index contributed by atoms with van der Waals surface area (Å²) in [4.78, 5) is 24.8. The van der Waals surface area contributed by atoms with E-state index in [4.69, 9.17) is 20.8 Å². The van der Waals surface area contributed by atoms with Crippen LogP contribution in [-0.4, -0.2) is 33.6 Å². The quantitative estimate of drug-likeness (QED) is 0.388. The van der Waals surface area contributed by atoms with Crippen molar-refractivity contribution in [3.8, 4) is 0 Å². The first-order chi connectivity index (χ1) is 16.1. The highest BCUT2D eigenvalue weighted by Gasteiger charge is 2.25. The van der Waals surface area contributed by atoms with Gasteiger partial charge in [-0.2, -0.15) is 0 Å². The van der Waals surface area contributed by atoms with Gasteiger partial charge in [0.05, 0.1) is 5.75 Å². The van der Waals surface area contributed by atoms with E-state index in [-0.39, 0.29) is 22.8 Å². The van der Waals surface area contributed by atoms with Crippen LogP contribution in [0.4, 0.5) is 10.5 Å². The highest BCUT2D eigenvalue weighted by molar-refractivity contribution is 7.99. The minimum Gasteiger partial charge on any atom is -0.444 e. The number of aromatic nitrogens is 2. The van der Waals surface area contributed by atoms with Crippen molar-refractivity contribution in [2.24, 2.45) is 0 Å². The van der Waals surface area contributed by atoms with Gasteiger partial charge >= 0.3 is 6.09 Å². The second-order valence-corrected chi connectivity index (χ2v) is 9.88. The third kappa shape index (κ3) is 7.78. The van der Waals surface area contributed by atoms with Gasteiger partial charge in [0.1, 0.15) is 11.6 Å². The maximum atomic E-state index is 12.4. The van der Waals surface area contributed by atoms with Crippen molar-refractivity contribution in [1.82, 2.24) is 15.5 Å². The van der Waals surface area contributed by atoms with Gasteiger partial charge in [-0.15, -0.1) is 10.2 Å². The van der Waals surface area contributed by atoms with Crippen LogP contribution in [0.25, 0.3) is 0 Å². The lowest BCUT2D eigenvalue weighted by molar-refractivity contribution is -0.113. The molecule has 1 unspecified atom stereocenters. The van der Waals surface area contributed by atoms with Crippen LogP contribution >= 0.6 is 23.4 Å². The minimum absolute atomic E-state index is 0.0659. The zero-order valence-electron chi connectivity index (χ0n) is 19.4. The van der Waals surface area contributed by atoms with Crippen LogP contribution in [0.1, 0.15) is 43.8 Å². The van der Waals surface area contributed by atoms with E-state index in [0.717, 1.165) is 22.9 Å². The molecule has 0 fully saturated rings. The van der Waals surface area contributed by atoms with Gasteiger partial charge in [-0.05, 0) is 51.0 Å². The van der Waals surface area contributed by atoms with E-state index in [1.165, 1.54) is 0 Å². The number of alkyl carbamates (subject to hydrolysis) is 1. The zero-order valence-corrected chi connectivity index (χ0v) is 21.0. The van der Waals surface area contributed by atoms with E-state index in [0.29, 0.717) is 17.1 Å². The second kappa shape index (κ2) is 11.4. The molecule has 2 amide bonds. The molecule has 0 saturated heterocycles. The van der Waals surface area contributed by atoms with Gasteiger partial charge < -0.3 is 19.8 Å². The minimum atomic E-state index is -0.647. The Kier molecular flexibility index (Phi) is 8.57. The molecule has 1 atom stereocenters. The van der Waals surface area contributed by atoms with E-state index in [1.807, 2.05) is 37.3 Å². The molecule has 3 aromatic rings. The van der Waals surface area contributed by atoms with E-state index in [1.54, 1.807) is 39.0 Å². The number of carbonyl (C=O) groups excluding carboxylic acids is 2. The normalized spacial score (nSPS) is 12.1. The Labute approximate surface area is 207 Å². The standard InChI is InChI=1S/C24H27ClN4O4S/c1-15-17(25)11-8-12-18(15)26-20(30)14-34-23-29-28-21(32-23)19(13-16-9-6-5-7-10-16)27-22(31)33-24(2,3)4/h5-12,19H,13-14H2,1-4H3,(H,26,30)(H,27,31). The Morgan fingerprint density at radius 3 is 2.56 bits per heavy atom. The third-order valence-corrected chi connectivity index (χ3v) is 5.79. The van der Waals surface area contributed by atoms with Crippen LogP contribution < -0.4 is 10.6 Å². The number of halogens is 1. The zero-order chi connectivity index (χ0) is 24.7. The predicted octanol–water partition coefficient (Wildman–Crippen LogP) is 5.57. The molecule has 2 N–H and O–H groups in total. The number of amides is 2. The molecule has 180 valence electrons. The summed E-state index contributed by atoms with van der Waals surface area (Å²) in [6, 6.07) is 14.3. The first-order valence-corrected chi connectivity index (χ1v) is 12.0. The van der Waals surface area contributed by atoms with Crippen molar-refractivity contribution in [1.29, 1.82) is 0 Å². The van der Waals surface area contributed by atoms with Crippen LogP contribution in [0, 0.1) is 6.92 Å². The average Bonchev–Trinajstić information content (AvgIpc) is 3.24. The Morgan fingerprint density at radius 1 is 1.12 bits per heavy atom. The largest absolute Gasteiger partial charge is 0.444 e. The van der Waals surface area contributed by atoms with E-state index < -0.39 is 17.7 Å². The SMILES string of the molecule is Cc1c(Cl)cccc1NC(=O)CSc1nnc(C(Cc2ccccc2)NC(=O)OC(C)(C)C)o1. The van der Waals surface area contributed by atoms with Crippen molar-refractivity contribution in [3.05, 3.63) is 70.6 Å². The molecule has 0 radical (unpaired) electrons. The molecule has 34 heavy (non-hydrogen) atoms. The van der Waals surface area contributed by atoms with E-state index in [2.05, 4.69) is 20.8 Å². The molecule has 0 aliphatic heterocycles. The van der Waals surface area contributed by atoms with Gasteiger partial charge in [0.2, 0.25) is 11.8 Å². The molecule has 3 rings (SSSR count). The van der Waals surface area contributed by atoms with Gasteiger partial charge in [-0.1, -0.05) is 59.8 Å². The molecule has 0 saturated carbocycles. The average molecular weight is 503 g/mol. The maximum absolute atomic E-state index is 12.4. The second-order valence-electron chi connectivity index (χ2n) is 8.54. The van der Waals surface area contributed by atoms with Crippen molar-refractivity contribution in [3.63, 3.8) is 0 Å². The molecular formula is C24H27ClN4O4S. The number of hydrogen-bond acceptors (Lipinski definition) is 7. The molecule has 0 aliphatic carbocycles. The lowest BCUT2D eigenvalue weighted by Crippen LogP contribution is -2.36. The Hall–Kier alpha value is -3.04. The number of nitrogens with one attached hydrogen (secondary N) is 2. The number of anilines is 1. The molecule has 8 nitrogen and oxygen atoms in total. The van der Waals surface area contributed by atoms with Crippen molar-refractivity contribution < 1.29 is 18.7 Å². The van der Waals surface area contributed by atoms with Crippen LogP contribution in [0.3, 0.4) is 0 Å². The fraction of sp³-hybridized carbons (Fsp3) is 0.333. The lowest BCUT2D eigenvalue weighted by atomic mass is 10.1. The predicted molar refractivity (Wildman–Crippen MR) is 132 cm³/mol. The number of rotatable bonds is 8. The molecule has 0 bridgehead atoms. The molecule has 0 spiro atoms. The summed E-state index contributed by atoms with van der Waals surface area (Å²) in [5, 5.41) is 14.5. The summed E-state index contributed by atoms with van der Waals surface area (Å²) in [6.45, 7) is 7.20. The van der Waals surface area contributed by atoms with Gasteiger partial charge in [0.25, 0.3) is 5.22 Å². The number of benzene rings is 2. The number of hydrogen-bond donors (Lipinski definition) is 2. The smallest absolute Gasteiger partial charge is 0.408 e. The van der Waals surface area contributed by atoms with E-state index >= 15 is 0 Å². The van der Waals surface area contributed by atoms with Crippen molar-refractivity contribution in [2.75, 3.05) is 11.1 Å². The topological polar surface area (TPSA) is 106 Å². The van der Waals surface area contributed by atoms with E-state index in [9.17, 15) is 9.59 Å². The first kappa shape index (κ1) is 25.6. The highest BCUT2D eigenvalue weighted by Crippen LogP contribution is 2.25. The number of thioether (sulfide) groups is 1. The summed E-state index contributed by atoms with van der Waals surface area (Å²) in [7, 11) is 0. The summed E-state index contributed by atoms with van der Waals surface area (Å²) in [5.74, 6) is 0.0577. The summed E-state index contributed by atoms with van der Waals surface area (Å²) < 4.78 is 11.1. The molecule has 0 aliphatic rings. The van der Waals surface area contributed by atoms with Crippen LogP contribution in [0.2, 0.25) is 5.02 Å². The van der Waals surface area contributed by atoms with Crippen LogP contribution in [0.5, 0.6) is 0 Å². The van der Waals surface area contributed by atoms with Crippen LogP contribution in [-0.2, 0) is 16.0 Å². The van der Waals surface area contributed by atoms with Gasteiger partial charge in [-0.25, -0.2) is 4.79 Å². The Morgan fingerprint density at radius 2 is 1.85 bits per heavy atom. The number of ether oxygens (including phenoxy) is 1. The van der Waals surface area contributed by atoms with Crippen molar-refractivity contribution in [2.45, 2.75) is 51.0 Å². The monoisotopic (exact) mass is 502 g/mol. The van der Waals surface area contributed by atoms with Gasteiger partial charge in [0.15, 0.2) is 0 Å². The Bertz CT molecular complexity index is 1130. The maximum Gasteiger partial charge on any atom is 0.408 e. The van der Waals surface area contributed by atoms with Gasteiger partial charge in [0, 0.05) is 17.1 Å². The molecule has 10 heteroatoms. The molecular weight excluding hydrogens is 476 g/mol. The summed E-state index contributed by atoms with van der Waals surface area (Å²) >= 11 is 7.21. The highest BCUT2D eigenvalue weighted by atomic mass is 35.5. The molecule has 1 aromatic heterocycles. The van der Waals surface area contributed by atoms with Gasteiger partial charge in [-0.3, -0.25) is 4.79 Å². The number of carbonyl (C=O) groups is 2. The first-order valence-electron chi connectivity index (χ1n) is 10.7. The van der Waals surface area contributed by atoms with Crippen LogP contribution in [0.15, 0.2) is 58.2 Å². The fourth-order valence-electron chi connectivity index (χ4n) is 2.98. The third-order valence-electron chi connectivity index (χ3n) is 4.56. The van der Waals surface area contributed by atoms with Crippen molar-refractivity contribution >= 4 is 41.1 Å². The molecule has 1 heterocycles. The fourth-order valence-corrected chi connectivity index (χ4v) is 3.72. The lowest BCUT2D eigenvalue weighted by Gasteiger charge is -2.22. The summed E-state index contributed by atoms with van der Waals surface area (Å²) in [6.07, 6.45) is -0.155. The Balaban J connectivity index is 1.65. The molecule has 2 aromatic carbocycles.